The van der Waals surface area contributed by atoms with Crippen molar-refractivity contribution < 1.29 is 21.6 Å². The second-order valence-corrected chi connectivity index (χ2v) is 6.36. The van der Waals surface area contributed by atoms with Crippen molar-refractivity contribution in [1.29, 1.82) is 0 Å². The van der Waals surface area contributed by atoms with Crippen LogP contribution in [0, 0.1) is 0 Å². The van der Waals surface area contributed by atoms with E-state index in [4.69, 9.17) is 0 Å². The lowest BCUT2D eigenvalue weighted by Gasteiger charge is -2.11. The highest BCUT2D eigenvalue weighted by Gasteiger charge is 2.27. The zero-order valence-electron chi connectivity index (χ0n) is 11.3. The minimum atomic E-state index is -4.37. The molecule has 0 radical (unpaired) electrons. The predicted molar refractivity (Wildman–Crippen MR) is 74.5 cm³/mol. The molecule has 2 rings (SSSR count). The summed E-state index contributed by atoms with van der Waals surface area (Å²) in [5, 5.41) is 6.27. The Morgan fingerprint density at radius 2 is 1.95 bits per heavy atom. The fourth-order valence-electron chi connectivity index (χ4n) is 1.80. The molecule has 0 aliphatic carbocycles. The summed E-state index contributed by atoms with van der Waals surface area (Å²) in [5.74, 6) is -0.259. The Hall–Kier alpha value is -2.10. The molecule has 2 N–H and O–H groups in total. The standard InChI is InChI=1S/C12H13F3N4O2S/c13-12(14,15)6-3-7-22(20,21)19-10-5-2-1-4-9(10)11-16-8-17-18-11/h1-2,4-5,8,19H,3,6-7H2,(H,16,17,18). The molecule has 0 bridgehead atoms. The third kappa shape index (κ3) is 4.72. The Bertz CT molecular complexity index is 714. The number of benzene rings is 1. The average Bonchev–Trinajstić information content (AvgIpc) is 2.90. The number of hydrogen-bond donors (Lipinski definition) is 2. The zero-order chi connectivity index (χ0) is 16.2. The molecule has 0 amide bonds. The monoisotopic (exact) mass is 334 g/mol. The van der Waals surface area contributed by atoms with Crippen LogP contribution >= 0.6 is 0 Å². The maximum Gasteiger partial charge on any atom is 0.389 e. The minimum Gasteiger partial charge on any atom is -0.283 e. The van der Waals surface area contributed by atoms with E-state index in [-0.39, 0.29) is 5.69 Å². The maximum atomic E-state index is 12.1. The molecular formula is C12H13F3N4O2S. The zero-order valence-corrected chi connectivity index (χ0v) is 12.1. The third-order valence-electron chi connectivity index (χ3n) is 2.74. The molecule has 6 nitrogen and oxygen atoms in total. The molecule has 1 aromatic carbocycles. The molecule has 1 aromatic heterocycles. The van der Waals surface area contributed by atoms with Gasteiger partial charge in [-0.2, -0.15) is 18.3 Å². The number of sulfonamides is 1. The van der Waals surface area contributed by atoms with Crippen molar-refractivity contribution in [3.63, 3.8) is 0 Å². The molecule has 0 aliphatic rings. The number of nitrogens with zero attached hydrogens (tertiary/aromatic N) is 2. The van der Waals surface area contributed by atoms with Gasteiger partial charge in [0, 0.05) is 12.0 Å². The summed E-state index contributed by atoms with van der Waals surface area (Å²) in [5.41, 5.74) is 0.686. The Kier molecular flexibility index (Phi) is 4.69. The molecule has 2 aromatic rings. The molecule has 0 saturated carbocycles. The van der Waals surface area contributed by atoms with Crippen LogP contribution in [0.2, 0.25) is 0 Å². The lowest BCUT2D eigenvalue weighted by atomic mass is 10.2. The number of aromatic amines is 1. The molecule has 0 unspecified atom stereocenters. The van der Waals surface area contributed by atoms with Crippen LogP contribution in [0.15, 0.2) is 30.6 Å². The van der Waals surface area contributed by atoms with Crippen LogP contribution in [-0.2, 0) is 10.0 Å². The van der Waals surface area contributed by atoms with Crippen LogP contribution in [0.5, 0.6) is 0 Å². The number of H-pyrrole nitrogens is 1. The highest BCUT2D eigenvalue weighted by molar-refractivity contribution is 7.92. The van der Waals surface area contributed by atoms with Crippen molar-refractivity contribution in [2.75, 3.05) is 10.5 Å². The van der Waals surface area contributed by atoms with Gasteiger partial charge in [0.25, 0.3) is 0 Å². The van der Waals surface area contributed by atoms with Gasteiger partial charge in [0.15, 0.2) is 5.82 Å². The molecule has 120 valence electrons. The highest BCUT2D eigenvalue weighted by Crippen LogP contribution is 2.26. The van der Waals surface area contributed by atoms with Crippen molar-refractivity contribution in [3.8, 4) is 11.4 Å². The molecule has 0 fully saturated rings. The van der Waals surface area contributed by atoms with Gasteiger partial charge in [0.1, 0.15) is 6.33 Å². The predicted octanol–water partition coefficient (Wildman–Crippen LogP) is 2.56. The number of nitrogens with one attached hydrogen (secondary N) is 2. The van der Waals surface area contributed by atoms with E-state index in [0.29, 0.717) is 11.4 Å². The second kappa shape index (κ2) is 6.34. The first-order valence-corrected chi connectivity index (χ1v) is 7.94. The van der Waals surface area contributed by atoms with Crippen molar-refractivity contribution in [2.24, 2.45) is 0 Å². The van der Waals surface area contributed by atoms with E-state index in [1.165, 1.54) is 12.4 Å². The number of para-hydroxylation sites is 1. The first-order valence-electron chi connectivity index (χ1n) is 6.29. The Morgan fingerprint density at radius 1 is 1.23 bits per heavy atom. The number of aromatic nitrogens is 3. The Balaban J connectivity index is 2.10. The molecule has 0 spiro atoms. The van der Waals surface area contributed by atoms with Crippen LogP contribution in [0.1, 0.15) is 12.8 Å². The first-order chi connectivity index (χ1) is 10.3. The largest absolute Gasteiger partial charge is 0.389 e. The molecule has 0 atom stereocenters. The lowest BCUT2D eigenvalue weighted by Crippen LogP contribution is -2.19. The summed E-state index contributed by atoms with van der Waals surface area (Å²) >= 11 is 0. The highest BCUT2D eigenvalue weighted by atomic mass is 32.2. The summed E-state index contributed by atoms with van der Waals surface area (Å²) in [6.45, 7) is 0. The van der Waals surface area contributed by atoms with Gasteiger partial charge >= 0.3 is 6.18 Å². The van der Waals surface area contributed by atoms with Gasteiger partial charge in [-0.05, 0) is 18.6 Å². The fourth-order valence-corrected chi connectivity index (χ4v) is 2.93. The molecule has 22 heavy (non-hydrogen) atoms. The average molecular weight is 334 g/mol. The normalized spacial score (nSPS) is 12.3. The summed E-state index contributed by atoms with van der Waals surface area (Å²) < 4.78 is 62.3. The van der Waals surface area contributed by atoms with Gasteiger partial charge in [-0.1, -0.05) is 12.1 Å². The van der Waals surface area contributed by atoms with E-state index in [1.807, 2.05) is 0 Å². The van der Waals surface area contributed by atoms with Gasteiger partial charge in [-0.15, -0.1) is 0 Å². The van der Waals surface area contributed by atoms with Crippen LogP contribution < -0.4 is 4.72 Å². The van der Waals surface area contributed by atoms with Crippen LogP contribution in [0.4, 0.5) is 18.9 Å². The van der Waals surface area contributed by atoms with E-state index in [1.54, 1.807) is 18.2 Å². The topological polar surface area (TPSA) is 87.7 Å². The van der Waals surface area contributed by atoms with Crippen LogP contribution in [0.3, 0.4) is 0 Å². The summed E-state index contributed by atoms with van der Waals surface area (Å²) in [6.07, 6.45) is -4.74. The number of anilines is 1. The molecule has 0 aliphatic heterocycles. The molecular weight excluding hydrogens is 321 g/mol. The number of alkyl halides is 3. The van der Waals surface area contributed by atoms with Gasteiger partial charge in [0.2, 0.25) is 10.0 Å². The van der Waals surface area contributed by atoms with Gasteiger partial charge in [-0.25, -0.2) is 13.4 Å². The number of hydrogen-bond acceptors (Lipinski definition) is 4. The van der Waals surface area contributed by atoms with Gasteiger partial charge in [-0.3, -0.25) is 9.82 Å². The van der Waals surface area contributed by atoms with E-state index in [2.05, 4.69) is 19.9 Å². The molecule has 10 heteroatoms. The summed E-state index contributed by atoms with van der Waals surface area (Å²) in [4.78, 5) is 3.92. The Morgan fingerprint density at radius 3 is 2.59 bits per heavy atom. The van der Waals surface area contributed by atoms with Crippen molar-refractivity contribution in [2.45, 2.75) is 19.0 Å². The minimum absolute atomic E-state index is 0.228. The summed E-state index contributed by atoms with van der Waals surface area (Å²) in [6, 6.07) is 6.40. The van der Waals surface area contributed by atoms with Gasteiger partial charge < -0.3 is 0 Å². The molecule has 0 saturated heterocycles. The SMILES string of the molecule is O=S(=O)(CCCC(F)(F)F)Nc1ccccc1-c1ncn[nH]1. The first kappa shape index (κ1) is 16.3. The third-order valence-corrected chi connectivity index (χ3v) is 4.09. The quantitative estimate of drug-likeness (QED) is 0.850. The molecule has 1 heterocycles. The van der Waals surface area contributed by atoms with E-state index >= 15 is 0 Å². The van der Waals surface area contributed by atoms with Crippen molar-refractivity contribution in [1.82, 2.24) is 15.2 Å². The van der Waals surface area contributed by atoms with Crippen molar-refractivity contribution in [3.05, 3.63) is 30.6 Å². The van der Waals surface area contributed by atoms with E-state index < -0.39 is 34.8 Å². The second-order valence-electron chi connectivity index (χ2n) is 4.52. The maximum absolute atomic E-state index is 12.1. The Labute approximate surface area is 124 Å². The van der Waals surface area contributed by atoms with Gasteiger partial charge in [0.05, 0.1) is 11.4 Å². The van der Waals surface area contributed by atoms with Crippen molar-refractivity contribution >= 4 is 15.7 Å². The van der Waals surface area contributed by atoms with E-state index in [9.17, 15) is 21.6 Å². The lowest BCUT2D eigenvalue weighted by molar-refractivity contribution is -0.134. The summed E-state index contributed by atoms with van der Waals surface area (Å²) in [7, 11) is -3.88. The number of halogens is 3. The van der Waals surface area contributed by atoms with E-state index in [0.717, 1.165) is 0 Å². The van der Waals surface area contributed by atoms with Crippen LogP contribution in [-0.4, -0.2) is 35.5 Å². The number of rotatable bonds is 6. The van der Waals surface area contributed by atoms with Crippen LogP contribution in [0.25, 0.3) is 11.4 Å². The smallest absolute Gasteiger partial charge is 0.283 e. The fraction of sp³-hybridized carbons (Fsp3) is 0.333.